The smallest absolute Gasteiger partial charge is 0.330 e. The number of rotatable bonds is 6. The zero-order chi connectivity index (χ0) is 21.8. The lowest BCUT2D eigenvalue weighted by molar-refractivity contribution is -0.137. The van der Waals surface area contributed by atoms with E-state index in [2.05, 4.69) is 73.7 Å². The van der Waals surface area contributed by atoms with E-state index in [0.717, 1.165) is 11.1 Å². The summed E-state index contributed by atoms with van der Waals surface area (Å²) in [7, 11) is 0. The molecule has 0 aliphatic rings. The maximum Gasteiger partial charge on any atom is 0.330 e. The first-order valence-corrected chi connectivity index (χ1v) is 10.6. The van der Waals surface area contributed by atoms with Gasteiger partial charge in [-0.25, -0.2) is 4.79 Å². The molecule has 0 atom stereocenters. The molecule has 0 bridgehead atoms. The number of carbonyl (C=O) groups is 1. The maximum atomic E-state index is 11.5. The van der Waals surface area contributed by atoms with E-state index < -0.39 is 0 Å². The van der Waals surface area contributed by atoms with E-state index in [1.54, 1.807) is 6.92 Å². The Hall–Kier alpha value is -3.65. The first kappa shape index (κ1) is 20.6. The minimum absolute atomic E-state index is 0.306. The Morgan fingerprint density at radius 2 is 1.52 bits per heavy atom. The molecule has 0 radical (unpaired) electrons. The van der Waals surface area contributed by atoms with Crippen LogP contribution < -0.4 is 0 Å². The molecule has 4 aromatic carbocycles. The van der Waals surface area contributed by atoms with Crippen LogP contribution in [0.5, 0.6) is 0 Å². The van der Waals surface area contributed by atoms with Crippen molar-refractivity contribution in [2.24, 2.45) is 0 Å². The highest BCUT2D eigenvalue weighted by molar-refractivity contribution is 6.24. The molecule has 0 heterocycles. The zero-order valence-electron chi connectivity index (χ0n) is 18.2. The normalized spacial score (nSPS) is 13.4. The van der Waals surface area contributed by atoms with Crippen LogP contribution >= 0.6 is 0 Å². The predicted molar refractivity (Wildman–Crippen MR) is 132 cm³/mol. The van der Waals surface area contributed by atoms with Crippen LogP contribution in [0.15, 0.2) is 96.1 Å². The maximum absolute atomic E-state index is 11.5. The largest absolute Gasteiger partial charge is 0.463 e. The first-order chi connectivity index (χ1) is 15.1. The second kappa shape index (κ2) is 9.01. The Labute approximate surface area is 183 Å². The molecule has 0 saturated heterocycles. The van der Waals surface area contributed by atoms with Crippen molar-refractivity contribution in [1.82, 2.24) is 0 Å². The van der Waals surface area contributed by atoms with Crippen molar-refractivity contribution in [3.05, 3.63) is 102 Å². The van der Waals surface area contributed by atoms with Gasteiger partial charge in [0.1, 0.15) is 0 Å². The standard InChI is InChI=1S/C29H26O2/c1-4-31-27(30)19-21(3)8-5-7-20(2)11-12-22-13-14-25-16-15-23-9-6-10-24-17-18-26(22)29(25)28(23)24/h5-19H,4H2,1-3H3/b8-5+,12-11+,20-7+,21-19+. The Balaban J connectivity index is 1.61. The molecule has 0 spiro atoms. The SMILES string of the molecule is CCOC(=O)/C=C(C)/C=C/C=C(C)/C=C/c1ccc2ccc3cccc4ccc1c2c34. The van der Waals surface area contributed by atoms with Gasteiger partial charge in [0.15, 0.2) is 0 Å². The van der Waals surface area contributed by atoms with E-state index in [4.69, 9.17) is 4.74 Å². The molecular formula is C29H26O2. The van der Waals surface area contributed by atoms with Gasteiger partial charge in [0, 0.05) is 6.08 Å². The molecule has 0 fully saturated rings. The zero-order valence-corrected chi connectivity index (χ0v) is 18.2. The van der Waals surface area contributed by atoms with Gasteiger partial charge in [0.05, 0.1) is 6.61 Å². The Bertz CT molecular complexity index is 1350. The van der Waals surface area contributed by atoms with Crippen LogP contribution in [0.25, 0.3) is 38.4 Å². The quantitative estimate of drug-likeness (QED) is 0.143. The molecule has 0 unspecified atom stereocenters. The van der Waals surface area contributed by atoms with Crippen molar-refractivity contribution < 1.29 is 9.53 Å². The van der Waals surface area contributed by atoms with Crippen molar-refractivity contribution in [1.29, 1.82) is 0 Å². The molecule has 0 aromatic heterocycles. The van der Waals surface area contributed by atoms with Crippen LogP contribution in [0.4, 0.5) is 0 Å². The lowest BCUT2D eigenvalue weighted by atomic mass is 9.92. The number of allylic oxidation sites excluding steroid dienone is 6. The van der Waals surface area contributed by atoms with Crippen molar-refractivity contribution in [2.45, 2.75) is 20.8 Å². The molecule has 0 saturated carbocycles. The first-order valence-electron chi connectivity index (χ1n) is 10.6. The summed E-state index contributed by atoms with van der Waals surface area (Å²) in [6, 6.07) is 19.7. The third-order valence-corrected chi connectivity index (χ3v) is 5.44. The topological polar surface area (TPSA) is 26.3 Å². The van der Waals surface area contributed by atoms with Gasteiger partial charge in [-0.15, -0.1) is 0 Å². The monoisotopic (exact) mass is 406 g/mol. The average molecular weight is 407 g/mol. The van der Waals surface area contributed by atoms with Crippen LogP contribution in [0, 0.1) is 0 Å². The third kappa shape index (κ3) is 4.44. The van der Waals surface area contributed by atoms with Gasteiger partial charge >= 0.3 is 5.97 Å². The molecule has 31 heavy (non-hydrogen) atoms. The van der Waals surface area contributed by atoms with Gasteiger partial charge in [-0.05, 0) is 64.2 Å². The fourth-order valence-corrected chi connectivity index (χ4v) is 3.95. The van der Waals surface area contributed by atoms with Crippen molar-refractivity contribution >= 4 is 44.4 Å². The van der Waals surface area contributed by atoms with E-state index in [1.807, 2.05) is 25.2 Å². The number of esters is 1. The molecular weight excluding hydrogens is 380 g/mol. The third-order valence-electron chi connectivity index (χ3n) is 5.44. The Morgan fingerprint density at radius 1 is 0.839 bits per heavy atom. The van der Waals surface area contributed by atoms with E-state index >= 15 is 0 Å². The van der Waals surface area contributed by atoms with Crippen molar-refractivity contribution in [2.75, 3.05) is 6.61 Å². The highest BCUT2D eigenvalue weighted by atomic mass is 16.5. The molecule has 2 heteroatoms. The molecule has 2 nitrogen and oxygen atoms in total. The Kier molecular flexibility index (Phi) is 5.99. The number of hydrogen-bond donors (Lipinski definition) is 0. The summed E-state index contributed by atoms with van der Waals surface area (Å²) < 4.78 is 4.93. The van der Waals surface area contributed by atoms with Crippen LogP contribution in [0.3, 0.4) is 0 Å². The van der Waals surface area contributed by atoms with Gasteiger partial charge in [0.25, 0.3) is 0 Å². The summed E-state index contributed by atoms with van der Waals surface area (Å²) in [5, 5.41) is 7.78. The van der Waals surface area contributed by atoms with Crippen molar-refractivity contribution in [3.8, 4) is 0 Å². The van der Waals surface area contributed by atoms with Crippen LogP contribution in [-0.4, -0.2) is 12.6 Å². The van der Waals surface area contributed by atoms with Crippen LogP contribution in [0.2, 0.25) is 0 Å². The number of carbonyl (C=O) groups excluding carboxylic acids is 1. The summed E-state index contributed by atoms with van der Waals surface area (Å²) in [4.78, 5) is 11.5. The molecule has 4 rings (SSSR count). The van der Waals surface area contributed by atoms with E-state index in [-0.39, 0.29) is 5.97 Å². The van der Waals surface area contributed by atoms with Gasteiger partial charge < -0.3 is 4.74 Å². The van der Waals surface area contributed by atoms with Crippen LogP contribution in [-0.2, 0) is 9.53 Å². The van der Waals surface area contributed by atoms with Crippen molar-refractivity contribution in [3.63, 3.8) is 0 Å². The summed E-state index contributed by atoms with van der Waals surface area (Å²) in [5.41, 5.74) is 3.20. The molecule has 0 amide bonds. The summed E-state index contributed by atoms with van der Waals surface area (Å²) in [6.45, 7) is 6.15. The van der Waals surface area contributed by atoms with Gasteiger partial charge in [-0.1, -0.05) is 90.6 Å². The van der Waals surface area contributed by atoms with E-state index in [9.17, 15) is 4.79 Å². The van der Waals surface area contributed by atoms with Gasteiger partial charge in [-0.3, -0.25) is 0 Å². The second-order valence-corrected chi connectivity index (χ2v) is 7.75. The molecule has 4 aromatic rings. The lowest BCUT2D eigenvalue weighted by Crippen LogP contribution is -1.99. The highest BCUT2D eigenvalue weighted by Gasteiger charge is 2.09. The molecule has 0 aliphatic carbocycles. The minimum Gasteiger partial charge on any atom is -0.463 e. The highest BCUT2D eigenvalue weighted by Crippen LogP contribution is 2.36. The minimum atomic E-state index is -0.306. The fraction of sp³-hybridized carbons (Fsp3) is 0.138. The molecule has 154 valence electrons. The Morgan fingerprint density at radius 3 is 2.26 bits per heavy atom. The van der Waals surface area contributed by atoms with Gasteiger partial charge in [-0.2, -0.15) is 0 Å². The summed E-state index contributed by atoms with van der Waals surface area (Å²) in [5.74, 6) is -0.306. The fourth-order valence-electron chi connectivity index (χ4n) is 3.95. The van der Waals surface area contributed by atoms with Crippen LogP contribution in [0.1, 0.15) is 26.3 Å². The summed E-state index contributed by atoms with van der Waals surface area (Å²) >= 11 is 0. The predicted octanol–water partition coefficient (Wildman–Crippen LogP) is 7.61. The lowest BCUT2D eigenvalue weighted by Gasteiger charge is -2.12. The van der Waals surface area contributed by atoms with E-state index in [0.29, 0.717) is 6.61 Å². The number of ether oxygens (including phenoxy) is 1. The van der Waals surface area contributed by atoms with E-state index in [1.165, 1.54) is 44.0 Å². The second-order valence-electron chi connectivity index (χ2n) is 7.75. The molecule has 0 N–H and O–H groups in total. The number of benzene rings is 4. The molecule has 0 aliphatic heterocycles. The number of hydrogen-bond acceptors (Lipinski definition) is 2. The summed E-state index contributed by atoms with van der Waals surface area (Å²) in [6.07, 6.45) is 11.7. The average Bonchev–Trinajstić information content (AvgIpc) is 2.76. The van der Waals surface area contributed by atoms with Gasteiger partial charge in [0.2, 0.25) is 0 Å².